The van der Waals surface area contributed by atoms with Crippen LogP contribution in [-0.2, 0) is 25.6 Å². The third-order valence-electron chi connectivity index (χ3n) is 2.75. The smallest absolute Gasteiger partial charge is 0.400 e. The molecule has 0 atom stereocenters. The first kappa shape index (κ1) is 16.5. The van der Waals surface area contributed by atoms with E-state index >= 15 is 0 Å². The summed E-state index contributed by atoms with van der Waals surface area (Å²) in [5, 5.41) is 12.1. The molecule has 1 aromatic carbocycles. The van der Waals surface area contributed by atoms with Crippen LogP contribution in [0.1, 0.15) is 12.0 Å². The molecule has 0 saturated carbocycles. The van der Waals surface area contributed by atoms with E-state index in [1.54, 1.807) is 24.3 Å². The van der Waals surface area contributed by atoms with Gasteiger partial charge in [0.1, 0.15) is 12.2 Å². The lowest BCUT2D eigenvalue weighted by atomic mass is 10.2. The van der Waals surface area contributed by atoms with Crippen molar-refractivity contribution in [1.29, 1.82) is 0 Å². The van der Waals surface area contributed by atoms with Crippen LogP contribution in [0.25, 0.3) is 0 Å². The number of benzene rings is 1. The van der Waals surface area contributed by atoms with Gasteiger partial charge in [-0.1, -0.05) is 0 Å². The largest absolute Gasteiger partial charge is 0.623 e. The van der Waals surface area contributed by atoms with Crippen molar-refractivity contribution in [3.05, 3.63) is 35.0 Å². The number of esters is 2. The van der Waals surface area contributed by atoms with E-state index in [4.69, 9.17) is 4.74 Å². The van der Waals surface area contributed by atoms with Crippen LogP contribution >= 0.6 is 0 Å². The minimum Gasteiger partial charge on any atom is -0.623 e. The van der Waals surface area contributed by atoms with E-state index < -0.39 is 18.4 Å². The van der Waals surface area contributed by atoms with Gasteiger partial charge in [-0.15, -0.1) is 0 Å². The van der Waals surface area contributed by atoms with Gasteiger partial charge in [0.2, 0.25) is 0 Å². The molecule has 0 unspecified atom stereocenters. The molecule has 0 fully saturated rings. The van der Waals surface area contributed by atoms with Crippen LogP contribution in [0, 0.1) is 5.21 Å². The second-order valence-corrected chi connectivity index (χ2v) is 4.08. The van der Waals surface area contributed by atoms with Gasteiger partial charge in [-0.25, -0.2) is 4.79 Å². The zero-order chi connectivity index (χ0) is 15.8. The summed E-state index contributed by atoms with van der Waals surface area (Å²) in [6.07, 6.45) is -0.442. The Morgan fingerprint density at radius 3 is 2.19 bits per heavy atom. The normalized spacial score (nSPS) is 11.4. The molecule has 0 radical (unpaired) electrons. The Kier molecular flexibility index (Phi) is 6.19. The van der Waals surface area contributed by atoms with Gasteiger partial charge in [0.25, 0.3) is 5.71 Å². The maximum absolute atomic E-state index is 12.1. The van der Waals surface area contributed by atoms with Gasteiger partial charge in [-0.3, -0.25) is 4.79 Å². The van der Waals surface area contributed by atoms with Gasteiger partial charge in [-0.05, 0) is 24.3 Å². The van der Waals surface area contributed by atoms with E-state index in [9.17, 15) is 14.8 Å². The number of hydrogen-bond acceptors (Lipinski definition) is 6. The number of hydroxylamine groups is 1. The van der Waals surface area contributed by atoms with Crippen LogP contribution < -0.4 is 4.74 Å². The first-order valence-electron chi connectivity index (χ1n) is 6.10. The molecule has 21 heavy (non-hydrogen) atoms. The summed E-state index contributed by atoms with van der Waals surface area (Å²) < 4.78 is 14.4. The average Bonchev–Trinajstić information content (AvgIpc) is 2.52. The molecular weight excluding hydrogens is 278 g/mol. The molecule has 7 nitrogen and oxygen atoms in total. The highest BCUT2D eigenvalue weighted by Gasteiger charge is 2.25. The Morgan fingerprint density at radius 1 is 1.10 bits per heavy atom. The second kappa shape index (κ2) is 7.88. The summed E-state index contributed by atoms with van der Waals surface area (Å²) in [6, 6.07) is 6.77. The molecular formula is C14H17NO6. The fraction of sp³-hybridized carbons (Fsp3) is 0.357. The molecule has 1 rings (SSSR count). The first-order valence-corrected chi connectivity index (χ1v) is 6.10. The predicted octanol–water partition coefficient (Wildman–Crippen LogP) is 0.883. The van der Waals surface area contributed by atoms with Crippen molar-refractivity contribution in [2.45, 2.75) is 13.0 Å². The second-order valence-electron chi connectivity index (χ2n) is 4.08. The third-order valence-corrected chi connectivity index (χ3v) is 2.75. The molecule has 0 saturated heterocycles. The van der Waals surface area contributed by atoms with Crippen LogP contribution in [0.3, 0.4) is 0 Å². The van der Waals surface area contributed by atoms with Gasteiger partial charge in [-0.2, -0.15) is 4.74 Å². The van der Waals surface area contributed by atoms with Gasteiger partial charge >= 0.3 is 11.9 Å². The van der Waals surface area contributed by atoms with Crippen molar-refractivity contribution in [2.75, 3.05) is 21.3 Å². The van der Waals surface area contributed by atoms with Crippen LogP contribution in [0.5, 0.6) is 5.75 Å². The number of ether oxygens (including phenoxy) is 3. The lowest BCUT2D eigenvalue weighted by molar-refractivity contribution is -0.475. The molecule has 0 aromatic heterocycles. The maximum atomic E-state index is 12.1. The summed E-state index contributed by atoms with van der Waals surface area (Å²) in [4.78, 5) is 22.8. The topological polar surface area (TPSA) is 87.9 Å². The maximum Gasteiger partial charge on any atom is 0.400 e. The van der Waals surface area contributed by atoms with Crippen LogP contribution in [0.2, 0.25) is 0 Å². The average molecular weight is 295 g/mol. The molecule has 0 aliphatic heterocycles. The first-order chi connectivity index (χ1) is 10.0. The number of rotatable bonds is 6. The number of hydrogen-bond donors (Lipinski definition) is 0. The van der Waals surface area contributed by atoms with Crippen molar-refractivity contribution in [1.82, 2.24) is 0 Å². The van der Waals surface area contributed by atoms with Crippen molar-refractivity contribution < 1.29 is 28.5 Å². The number of nitrogens with zero attached hydrogens (tertiary/aromatic N) is 1. The fourth-order valence-electron chi connectivity index (χ4n) is 1.58. The van der Waals surface area contributed by atoms with Gasteiger partial charge in [0.05, 0.1) is 21.3 Å². The predicted molar refractivity (Wildman–Crippen MR) is 74.0 cm³/mol. The summed E-state index contributed by atoms with van der Waals surface area (Å²) >= 11 is 0. The van der Waals surface area contributed by atoms with E-state index in [2.05, 4.69) is 9.47 Å². The highest BCUT2D eigenvalue weighted by Crippen LogP contribution is 2.12. The van der Waals surface area contributed by atoms with E-state index in [1.807, 2.05) is 0 Å². The van der Waals surface area contributed by atoms with Crippen molar-refractivity contribution >= 4 is 17.7 Å². The molecule has 114 valence electrons. The Balaban J connectivity index is 2.96. The zero-order valence-corrected chi connectivity index (χ0v) is 12.1. The molecule has 7 heteroatoms. The zero-order valence-electron chi connectivity index (χ0n) is 12.1. The molecule has 0 spiro atoms. The van der Waals surface area contributed by atoms with Crippen molar-refractivity contribution in [2.24, 2.45) is 0 Å². The van der Waals surface area contributed by atoms with Gasteiger partial charge < -0.3 is 19.4 Å². The monoisotopic (exact) mass is 295 g/mol. The molecule has 0 aliphatic rings. The van der Waals surface area contributed by atoms with E-state index in [1.165, 1.54) is 14.2 Å². The summed E-state index contributed by atoms with van der Waals surface area (Å²) in [7, 11) is 3.85. The minimum atomic E-state index is -0.857. The van der Waals surface area contributed by atoms with E-state index in [0.717, 1.165) is 7.11 Å². The van der Waals surface area contributed by atoms with E-state index in [0.29, 0.717) is 16.1 Å². The molecule has 0 N–H and O–H groups in total. The van der Waals surface area contributed by atoms with Crippen LogP contribution in [-0.4, -0.2) is 43.7 Å². The summed E-state index contributed by atoms with van der Waals surface area (Å²) in [5.74, 6) is -0.891. The van der Waals surface area contributed by atoms with Crippen molar-refractivity contribution in [3.8, 4) is 5.75 Å². The highest BCUT2D eigenvalue weighted by molar-refractivity contribution is 6.37. The standard InChI is InChI=1S/C14H17NO6/c1-19-11-6-4-10(5-7-11)9-15(18)12(14(17)21-3)8-13(16)20-2/h4-7H,8-9H2,1-3H3/b15-12+. The Labute approximate surface area is 122 Å². The SMILES string of the molecule is COC(=O)C/C(C(=O)OC)=[N+](\[O-])Cc1ccc(OC)cc1. The molecule has 0 amide bonds. The minimum absolute atomic E-state index is 0.0918. The van der Waals surface area contributed by atoms with Gasteiger partial charge in [0.15, 0.2) is 6.54 Å². The number of carbonyl (C=O) groups excluding carboxylic acids is 2. The van der Waals surface area contributed by atoms with Gasteiger partial charge in [0, 0.05) is 5.56 Å². The Bertz CT molecular complexity index is 535. The lowest BCUT2D eigenvalue weighted by Crippen LogP contribution is -2.28. The third kappa shape index (κ3) is 4.79. The molecule has 0 heterocycles. The van der Waals surface area contributed by atoms with Crippen molar-refractivity contribution in [3.63, 3.8) is 0 Å². The molecule has 0 bridgehead atoms. The molecule has 0 aliphatic carbocycles. The molecule has 1 aromatic rings. The lowest BCUT2D eigenvalue weighted by Gasteiger charge is -2.09. The van der Waals surface area contributed by atoms with E-state index in [-0.39, 0.29) is 12.3 Å². The highest BCUT2D eigenvalue weighted by atomic mass is 16.5. The Morgan fingerprint density at radius 2 is 1.71 bits per heavy atom. The van der Waals surface area contributed by atoms with Crippen LogP contribution in [0.4, 0.5) is 0 Å². The number of methoxy groups -OCH3 is 3. The Hall–Kier alpha value is -2.57. The summed E-state index contributed by atoms with van der Waals surface area (Å²) in [5.41, 5.74) is 0.359. The number of carbonyl (C=O) groups is 2. The fourth-order valence-corrected chi connectivity index (χ4v) is 1.58. The quantitative estimate of drug-likeness (QED) is 0.254. The van der Waals surface area contributed by atoms with Crippen LogP contribution in [0.15, 0.2) is 24.3 Å². The summed E-state index contributed by atoms with van der Waals surface area (Å²) in [6.45, 7) is -0.0918.